The quantitative estimate of drug-likeness (QED) is 0.496. The Kier molecular flexibility index (Phi) is 5.55. The van der Waals surface area contributed by atoms with Crippen LogP contribution in [0.15, 0.2) is 48.5 Å². The van der Waals surface area contributed by atoms with Crippen LogP contribution in [-0.4, -0.2) is 27.2 Å². The third-order valence-corrected chi connectivity index (χ3v) is 3.87. The van der Waals surface area contributed by atoms with Crippen molar-refractivity contribution < 1.29 is 18.8 Å². The van der Waals surface area contributed by atoms with E-state index in [4.69, 9.17) is 16.3 Å². The topological polar surface area (TPSA) is 99.3 Å². The lowest BCUT2D eigenvalue weighted by atomic mass is 10.3. The van der Waals surface area contributed by atoms with Gasteiger partial charge in [0.25, 0.3) is 5.91 Å². The molecule has 0 fully saturated rings. The number of aromatic nitrogens is 2. The van der Waals surface area contributed by atoms with Gasteiger partial charge in [0, 0.05) is 23.2 Å². The number of ether oxygens (including phenoxy) is 1. The Bertz CT molecular complexity index is 1050. The van der Waals surface area contributed by atoms with Crippen LogP contribution in [0.3, 0.4) is 0 Å². The number of amides is 1. The van der Waals surface area contributed by atoms with Crippen LogP contribution in [0, 0.1) is 22.9 Å². The summed E-state index contributed by atoms with van der Waals surface area (Å²) < 4.78 is 20.3. The average Bonchev–Trinajstić information content (AvgIpc) is 3.00. The summed E-state index contributed by atoms with van der Waals surface area (Å²) in [6.45, 7) is 1.35. The minimum absolute atomic E-state index is 0.00206. The highest BCUT2D eigenvalue weighted by atomic mass is 35.5. The molecule has 2 aromatic carbocycles. The number of carbonyl (C=O) groups is 1. The van der Waals surface area contributed by atoms with Crippen LogP contribution >= 0.6 is 11.6 Å². The van der Waals surface area contributed by atoms with Gasteiger partial charge in [-0.1, -0.05) is 17.7 Å². The Morgan fingerprint density at radius 2 is 2.11 bits per heavy atom. The van der Waals surface area contributed by atoms with Crippen LogP contribution in [0.4, 0.5) is 15.9 Å². The molecule has 1 amide bonds. The van der Waals surface area contributed by atoms with Gasteiger partial charge in [-0.05, 0) is 31.2 Å². The molecule has 0 aliphatic rings. The molecule has 0 aliphatic heterocycles. The van der Waals surface area contributed by atoms with E-state index in [9.17, 15) is 19.3 Å². The number of rotatable bonds is 6. The molecule has 144 valence electrons. The van der Waals surface area contributed by atoms with Gasteiger partial charge in [-0.3, -0.25) is 14.9 Å². The fraction of sp³-hybridized carbons (Fsp3) is 0.111. The molecule has 0 saturated heterocycles. The maximum absolute atomic E-state index is 13.6. The number of carbonyl (C=O) groups excluding carboxylic acids is 1. The zero-order chi connectivity index (χ0) is 20.3. The first kappa shape index (κ1) is 19.3. The van der Waals surface area contributed by atoms with E-state index in [2.05, 4.69) is 10.4 Å². The third kappa shape index (κ3) is 4.44. The lowest BCUT2D eigenvalue weighted by Gasteiger charge is -2.10. The first-order valence-electron chi connectivity index (χ1n) is 8.02. The van der Waals surface area contributed by atoms with E-state index in [1.165, 1.54) is 10.7 Å². The molecule has 1 aromatic heterocycles. The highest BCUT2D eigenvalue weighted by Gasteiger charge is 2.16. The van der Waals surface area contributed by atoms with Gasteiger partial charge >= 0.3 is 5.69 Å². The lowest BCUT2D eigenvalue weighted by molar-refractivity contribution is -0.387. The van der Waals surface area contributed by atoms with E-state index in [0.717, 1.165) is 12.1 Å². The fourth-order valence-corrected chi connectivity index (χ4v) is 2.63. The summed E-state index contributed by atoms with van der Waals surface area (Å²) in [7, 11) is 0. The van der Waals surface area contributed by atoms with Gasteiger partial charge in [0.05, 0.1) is 16.3 Å². The summed E-state index contributed by atoms with van der Waals surface area (Å²) in [6, 6.07) is 11.7. The highest BCUT2D eigenvalue weighted by molar-refractivity contribution is 6.30. The number of nitro groups is 1. The first-order chi connectivity index (χ1) is 13.3. The summed E-state index contributed by atoms with van der Waals surface area (Å²) in [5, 5.41) is 18.1. The molecule has 0 aliphatic carbocycles. The molecule has 0 spiro atoms. The summed E-state index contributed by atoms with van der Waals surface area (Å²) in [4.78, 5) is 22.0. The number of hydrogen-bond acceptors (Lipinski definition) is 5. The minimum Gasteiger partial charge on any atom is -0.484 e. The lowest BCUT2D eigenvalue weighted by Crippen LogP contribution is -2.22. The molecule has 0 radical (unpaired) electrons. The van der Waals surface area contributed by atoms with Gasteiger partial charge in [-0.25, -0.2) is 4.68 Å². The molecule has 0 atom stereocenters. The largest absolute Gasteiger partial charge is 0.484 e. The predicted molar refractivity (Wildman–Crippen MR) is 100 cm³/mol. The molecule has 3 rings (SSSR count). The Morgan fingerprint density at radius 1 is 1.32 bits per heavy atom. The summed E-state index contributed by atoms with van der Waals surface area (Å²) >= 11 is 6.00. The monoisotopic (exact) mass is 404 g/mol. The van der Waals surface area contributed by atoms with E-state index in [-0.39, 0.29) is 5.75 Å². The molecular weight excluding hydrogens is 391 g/mol. The van der Waals surface area contributed by atoms with Crippen molar-refractivity contribution in [3.8, 4) is 11.4 Å². The van der Waals surface area contributed by atoms with Crippen molar-refractivity contribution >= 4 is 29.0 Å². The highest BCUT2D eigenvalue weighted by Crippen LogP contribution is 2.23. The molecule has 28 heavy (non-hydrogen) atoms. The van der Waals surface area contributed by atoms with Crippen molar-refractivity contribution in [1.82, 2.24) is 9.78 Å². The van der Waals surface area contributed by atoms with E-state index >= 15 is 0 Å². The van der Waals surface area contributed by atoms with Crippen LogP contribution in [-0.2, 0) is 4.79 Å². The second-order valence-electron chi connectivity index (χ2n) is 5.77. The summed E-state index contributed by atoms with van der Waals surface area (Å²) in [6.07, 6.45) is 0. The molecule has 8 nitrogen and oxygen atoms in total. The van der Waals surface area contributed by atoms with Gasteiger partial charge in [0.2, 0.25) is 5.82 Å². The van der Waals surface area contributed by atoms with Crippen LogP contribution in [0.5, 0.6) is 5.75 Å². The number of aryl methyl sites for hydroxylation is 1. The van der Waals surface area contributed by atoms with E-state index in [1.807, 2.05) is 0 Å². The minimum atomic E-state index is -1.04. The second kappa shape index (κ2) is 8.05. The van der Waals surface area contributed by atoms with Crippen LogP contribution in [0.1, 0.15) is 5.69 Å². The third-order valence-electron chi connectivity index (χ3n) is 3.64. The number of anilines is 1. The smallest absolute Gasteiger partial charge is 0.305 e. The van der Waals surface area contributed by atoms with Crippen molar-refractivity contribution in [3.05, 3.63) is 75.2 Å². The van der Waals surface area contributed by atoms with Crippen molar-refractivity contribution in [2.75, 3.05) is 11.9 Å². The number of halogens is 2. The maximum atomic E-state index is 13.6. The van der Waals surface area contributed by atoms with Crippen molar-refractivity contribution in [1.29, 1.82) is 0 Å². The number of nitrogens with zero attached hydrogens (tertiary/aromatic N) is 3. The Hall–Kier alpha value is -3.46. The van der Waals surface area contributed by atoms with E-state index in [1.54, 1.807) is 37.3 Å². The summed E-state index contributed by atoms with van der Waals surface area (Å²) in [5.74, 6) is -1.15. The molecule has 0 bridgehead atoms. The SMILES string of the molecule is Cc1cc(NC(=O)COc2ccc([N+](=O)[O-])c(F)c2)n(-c2cccc(Cl)c2)n1. The molecule has 10 heteroatoms. The van der Waals surface area contributed by atoms with Gasteiger partial charge in [0.1, 0.15) is 11.6 Å². The van der Waals surface area contributed by atoms with Crippen LogP contribution < -0.4 is 10.1 Å². The Morgan fingerprint density at radius 3 is 2.79 bits per heavy atom. The number of benzene rings is 2. The number of nitrogens with one attached hydrogen (secondary N) is 1. The molecule has 0 saturated carbocycles. The molecule has 3 aromatic rings. The average molecular weight is 405 g/mol. The molecule has 1 N–H and O–H groups in total. The summed E-state index contributed by atoms with van der Waals surface area (Å²) in [5.41, 5.74) is 0.667. The number of hydrogen-bond donors (Lipinski definition) is 1. The maximum Gasteiger partial charge on any atom is 0.305 e. The zero-order valence-corrected chi connectivity index (χ0v) is 15.3. The van der Waals surface area contributed by atoms with E-state index in [0.29, 0.717) is 22.2 Å². The van der Waals surface area contributed by atoms with Crippen molar-refractivity contribution in [3.63, 3.8) is 0 Å². The standard InChI is InChI=1S/C18H14ClFN4O4/c1-11-7-17(23(22-11)13-4-2-3-12(19)8-13)21-18(25)10-28-14-5-6-16(24(26)27)15(20)9-14/h2-9H,10H2,1H3,(H,21,25). The van der Waals surface area contributed by atoms with Crippen molar-refractivity contribution in [2.24, 2.45) is 0 Å². The van der Waals surface area contributed by atoms with Crippen LogP contribution in [0.2, 0.25) is 5.02 Å². The van der Waals surface area contributed by atoms with Crippen molar-refractivity contribution in [2.45, 2.75) is 6.92 Å². The van der Waals surface area contributed by atoms with E-state index < -0.39 is 28.9 Å². The fourth-order valence-electron chi connectivity index (χ4n) is 2.45. The van der Waals surface area contributed by atoms with Gasteiger partial charge in [-0.2, -0.15) is 9.49 Å². The predicted octanol–water partition coefficient (Wildman–Crippen LogP) is 3.90. The Balaban J connectivity index is 1.69. The normalized spacial score (nSPS) is 10.5. The van der Waals surface area contributed by atoms with Gasteiger partial charge in [0.15, 0.2) is 6.61 Å². The molecule has 0 unspecified atom stereocenters. The number of nitro benzene ring substituents is 1. The van der Waals surface area contributed by atoms with Gasteiger partial charge in [-0.15, -0.1) is 0 Å². The van der Waals surface area contributed by atoms with Gasteiger partial charge < -0.3 is 10.1 Å². The second-order valence-corrected chi connectivity index (χ2v) is 6.21. The first-order valence-corrected chi connectivity index (χ1v) is 8.40. The molecular formula is C18H14ClFN4O4. The molecule has 1 heterocycles. The zero-order valence-electron chi connectivity index (χ0n) is 14.6. The van der Waals surface area contributed by atoms with Crippen LogP contribution in [0.25, 0.3) is 5.69 Å². The Labute approximate surface area is 163 Å².